The molecule has 3 aliphatic rings. The van der Waals surface area contributed by atoms with Crippen molar-refractivity contribution in [2.24, 2.45) is 0 Å². The fourth-order valence-corrected chi connectivity index (χ4v) is 6.26. The number of nitrogens with zero attached hydrogens (tertiary/aromatic N) is 1. The zero-order valence-electron chi connectivity index (χ0n) is 20.4. The molecule has 2 aliphatic heterocycles. The van der Waals surface area contributed by atoms with Crippen molar-refractivity contribution < 1.29 is 14.3 Å². The molecule has 2 heterocycles. The van der Waals surface area contributed by atoms with E-state index in [0.717, 1.165) is 37.0 Å². The van der Waals surface area contributed by atoms with Gasteiger partial charge in [0.25, 0.3) is 0 Å². The number of aryl methyl sites for hydroxylation is 1. The van der Waals surface area contributed by atoms with Crippen LogP contribution in [0.25, 0.3) is 16.7 Å². The first-order valence-electron chi connectivity index (χ1n) is 12.6. The summed E-state index contributed by atoms with van der Waals surface area (Å²) in [4.78, 5) is 15.5. The number of amides is 1. The van der Waals surface area contributed by atoms with Crippen molar-refractivity contribution in [3.05, 3.63) is 95.1 Å². The lowest BCUT2D eigenvalue weighted by atomic mass is 9.82. The number of carbonyl (C=O) groups excluding carboxylic acids is 1. The largest absolute Gasteiger partial charge is 0.496 e. The van der Waals surface area contributed by atoms with Gasteiger partial charge < -0.3 is 9.47 Å². The molecule has 0 N–H and O–H groups in total. The third-order valence-corrected chi connectivity index (χ3v) is 7.88. The monoisotopic (exact) mass is 465 g/mol. The number of benzene rings is 3. The Morgan fingerprint density at radius 3 is 2.34 bits per heavy atom. The average molecular weight is 466 g/mol. The van der Waals surface area contributed by atoms with E-state index in [9.17, 15) is 4.79 Å². The Bertz CT molecular complexity index is 1260. The molecular formula is C31H31NO3. The van der Waals surface area contributed by atoms with E-state index in [2.05, 4.69) is 73.7 Å². The summed E-state index contributed by atoms with van der Waals surface area (Å²) in [5.74, 6) is 0.980. The molecule has 1 fully saturated rings. The van der Waals surface area contributed by atoms with E-state index in [1.54, 1.807) is 7.11 Å². The van der Waals surface area contributed by atoms with E-state index in [1.807, 2.05) is 11.0 Å². The van der Waals surface area contributed by atoms with Crippen LogP contribution in [0.3, 0.4) is 0 Å². The molecule has 0 saturated carbocycles. The Morgan fingerprint density at radius 2 is 1.66 bits per heavy atom. The number of rotatable bonds is 4. The van der Waals surface area contributed by atoms with E-state index in [1.165, 1.54) is 33.4 Å². The van der Waals surface area contributed by atoms with Crippen LogP contribution in [0.2, 0.25) is 0 Å². The first-order valence-corrected chi connectivity index (χ1v) is 12.6. The highest BCUT2D eigenvalue weighted by Gasteiger charge is 2.39. The zero-order chi connectivity index (χ0) is 23.9. The molecule has 3 aromatic rings. The second kappa shape index (κ2) is 8.92. The van der Waals surface area contributed by atoms with Crippen molar-refractivity contribution in [2.45, 2.75) is 50.6 Å². The number of carbonyl (C=O) groups is 1. The van der Waals surface area contributed by atoms with Gasteiger partial charge in [0.15, 0.2) is 0 Å². The Balaban J connectivity index is 1.23. The van der Waals surface area contributed by atoms with Crippen LogP contribution in [0.5, 0.6) is 5.75 Å². The van der Waals surface area contributed by atoms with Crippen LogP contribution in [0.1, 0.15) is 53.9 Å². The summed E-state index contributed by atoms with van der Waals surface area (Å²) in [6.07, 6.45) is 6.03. The summed E-state index contributed by atoms with van der Waals surface area (Å²) < 4.78 is 11.7. The summed E-state index contributed by atoms with van der Waals surface area (Å²) in [7, 11) is 1.72. The van der Waals surface area contributed by atoms with Gasteiger partial charge in [-0.3, -0.25) is 4.90 Å². The topological polar surface area (TPSA) is 38.8 Å². The molecule has 2 bridgehead atoms. The minimum Gasteiger partial charge on any atom is -0.496 e. The fraction of sp³-hybridized carbons (Fsp3) is 0.323. The van der Waals surface area contributed by atoms with Gasteiger partial charge in [0.1, 0.15) is 12.4 Å². The van der Waals surface area contributed by atoms with Crippen LogP contribution in [0.15, 0.2) is 72.8 Å². The van der Waals surface area contributed by atoms with Crippen molar-refractivity contribution in [1.29, 1.82) is 0 Å². The molecule has 0 aromatic heterocycles. The van der Waals surface area contributed by atoms with E-state index in [-0.39, 0.29) is 24.1 Å². The Kier molecular flexibility index (Phi) is 5.60. The summed E-state index contributed by atoms with van der Waals surface area (Å²) in [6, 6.07) is 23.5. The second-order valence-electron chi connectivity index (χ2n) is 9.96. The molecular weight excluding hydrogens is 434 g/mol. The van der Waals surface area contributed by atoms with Gasteiger partial charge in [0.2, 0.25) is 0 Å². The summed E-state index contributed by atoms with van der Waals surface area (Å²) in [5.41, 5.74) is 8.63. The molecule has 3 aromatic carbocycles. The lowest BCUT2D eigenvalue weighted by Crippen LogP contribution is -2.51. The molecule has 2 unspecified atom stereocenters. The van der Waals surface area contributed by atoms with Gasteiger partial charge in [-0.1, -0.05) is 66.2 Å². The van der Waals surface area contributed by atoms with Crippen LogP contribution < -0.4 is 4.74 Å². The number of piperidine rings is 1. The highest BCUT2D eigenvalue weighted by molar-refractivity contribution is 5.80. The smallest absolute Gasteiger partial charge is 0.410 e. The molecule has 0 radical (unpaired) electrons. The molecule has 1 amide bonds. The maximum atomic E-state index is 13.5. The van der Waals surface area contributed by atoms with Gasteiger partial charge in [-0.25, -0.2) is 4.79 Å². The van der Waals surface area contributed by atoms with Crippen molar-refractivity contribution >= 4 is 11.7 Å². The molecule has 2 atom stereocenters. The van der Waals surface area contributed by atoms with E-state index < -0.39 is 0 Å². The normalized spacial score (nSPS) is 20.6. The number of hydrogen-bond donors (Lipinski definition) is 0. The average Bonchev–Trinajstić information content (AvgIpc) is 3.20. The van der Waals surface area contributed by atoms with Crippen LogP contribution in [0, 0.1) is 6.92 Å². The lowest BCUT2D eigenvalue weighted by molar-refractivity contribution is 0.0539. The van der Waals surface area contributed by atoms with Crippen molar-refractivity contribution in [3.8, 4) is 16.9 Å². The van der Waals surface area contributed by atoms with Crippen LogP contribution in [0.4, 0.5) is 4.79 Å². The van der Waals surface area contributed by atoms with Crippen LogP contribution in [-0.4, -0.2) is 36.8 Å². The Labute approximate surface area is 207 Å². The van der Waals surface area contributed by atoms with Crippen LogP contribution >= 0.6 is 0 Å². The van der Waals surface area contributed by atoms with E-state index in [0.29, 0.717) is 6.61 Å². The molecule has 178 valence electrons. The first-order chi connectivity index (χ1) is 17.1. The third-order valence-electron chi connectivity index (χ3n) is 7.88. The van der Waals surface area contributed by atoms with Gasteiger partial charge in [0, 0.05) is 17.5 Å². The minimum atomic E-state index is -0.187. The predicted octanol–water partition coefficient (Wildman–Crippen LogP) is 6.96. The third kappa shape index (κ3) is 3.81. The van der Waals surface area contributed by atoms with Gasteiger partial charge in [-0.2, -0.15) is 0 Å². The van der Waals surface area contributed by atoms with Gasteiger partial charge >= 0.3 is 6.09 Å². The number of hydrogen-bond acceptors (Lipinski definition) is 3. The molecule has 4 nitrogen and oxygen atoms in total. The van der Waals surface area contributed by atoms with E-state index in [4.69, 9.17) is 9.47 Å². The molecule has 6 rings (SSSR count). The van der Waals surface area contributed by atoms with Crippen molar-refractivity contribution in [3.63, 3.8) is 0 Å². The number of methoxy groups -OCH3 is 1. The van der Waals surface area contributed by atoms with E-state index >= 15 is 0 Å². The lowest BCUT2D eigenvalue weighted by Gasteiger charge is -2.44. The molecule has 35 heavy (non-hydrogen) atoms. The Hall–Kier alpha value is -3.53. The number of fused-ring (bicyclic) bond motifs is 5. The molecule has 4 heteroatoms. The summed E-state index contributed by atoms with van der Waals surface area (Å²) in [6.45, 7) is 2.47. The molecule has 0 spiro atoms. The van der Waals surface area contributed by atoms with Gasteiger partial charge in [0.05, 0.1) is 13.2 Å². The molecule has 1 aliphatic carbocycles. The minimum absolute atomic E-state index is 0.0679. The SMILES string of the molecule is COc1ccc(C)cc1C1=CC2CCCC(C1)N2C(=O)OCC1c2ccccc2-c2ccccc21. The highest BCUT2D eigenvalue weighted by atomic mass is 16.6. The molecule has 1 saturated heterocycles. The van der Waals surface area contributed by atoms with Crippen molar-refractivity contribution in [2.75, 3.05) is 13.7 Å². The van der Waals surface area contributed by atoms with Crippen molar-refractivity contribution in [1.82, 2.24) is 4.90 Å². The number of ether oxygens (including phenoxy) is 2. The van der Waals surface area contributed by atoms with Gasteiger partial charge in [-0.05, 0) is 72.6 Å². The summed E-state index contributed by atoms with van der Waals surface area (Å²) >= 11 is 0. The first kappa shape index (κ1) is 22.0. The summed E-state index contributed by atoms with van der Waals surface area (Å²) in [5, 5.41) is 0. The maximum Gasteiger partial charge on any atom is 0.410 e. The highest BCUT2D eigenvalue weighted by Crippen LogP contribution is 2.45. The Morgan fingerprint density at radius 1 is 0.943 bits per heavy atom. The van der Waals surface area contributed by atoms with Gasteiger partial charge in [-0.15, -0.1) is 0 Å². The van der Waals surface area contributed by atoms with Crippen LogP contribution in [-0.2, 0) is 4.74 Å². The predicted molar refractivity (Wildman–Crippen MR) is 139 cm³/mol. The second-order valence-corrected chi connectivity index (χ2v) is 9.96. The standard InChI is InChI=1S/C31H31NO3/c1-20-14-15-30(34-2)28(16-20)21-17-22-8-7-9-23(18-21)32(22)31(33)35-19-29-26-12-5-3-10-24(26)25-11-4-6-13-27(25)29/h3-6,10-17,22-23,29H,7-9,18-19H2,1-2H3. The maximum absolute atomic E-state index is 13.5. The quantitative estimate of drug-likeness (QED) is 0.418. The fourth-order valence-electron chi connectivity index (χ4n) is 6.26. The zero-order valence-corrected chi connectivity index (χ0v) is 20.4.